The lowest BCUT2D eigenvalue weighted by Gasteiger charge is -2.31. The number of carbonyl (C=O) groups is 1. The Bertz CT molecular complexity index is 1390. The molecule has 15 heteroatoms. The Balaban J connectivity index is 1.12. The first kappa shape index (κ1) is 27.7. The van der Waals surface area contributed by atoms with Gasteiger partial charge in [-0.3, -0.25) is 4.79 Å². The van der Waals surface area contributed by atoms with Crippen molar-refractivity contribution >= 4 is 46.3 Å². The summed E-state index contributed by atoms with van der Waals surface area (Å²) in [7, 11) is 0. The van der Waals surface area contributed by atoms with Gasteiger partial charge in [0.25, 0.3) is 0 Å². The summed E-state index contributed by atoms with van der Waals surface area (Å²) in [6.45, 7) is 1.03. The number of amides is 1. The quantitative estimate of drug-likeness (QED) is 0.188. The van der Waals surface area contributed by atoms with E-state index in [9.17, 15) is 26.7 Å². The van der Waals surface area contributed by atoms with Crippen LogP contribution in [0.1, 0.15) is 53.2 Å². The number of nitrogens with zero attached hydrogens (tertiary/aromatic N) is 5. The summed E-state index contributed by atoms with van der Waals surface area (Å²) in [5, 5.41) is 13.7. The predicted molar refractivity (Wildman–Crippen MR) is 135 cm³/mol. The third kappa shape index (κ3) is 6.17. The molecule has 5 rings (SSSR count). The molecule has 1 unspecified atom stereocenters. The number of thiazole rings is 1. The Morgan fingerprint density at radius 1 is 1.15 bits per heavy atom. The molecule has 0 spiro atoms. The summed E-state index contributed by atoms with van der Waals surface area (Å²) >= 11 is 8.56. The molecule has 39 heavy (non-hydrogen) atoms. The van der Waals surface area contributed by atoms with Crippen molar-refractivity contribution in [2.45, 2.75) is 42.5 Å². The molecule has 7 nitrogen and oxygen atoms in total. The van der Waals surface area contributed by atoms with E-state index in [1.54, 1.807) is 4.90 Å². The molecule has 0 radical (unpaired) electrons. The SMILES string of the molecule is O=C(CSc1ccc(C(F)(F)F)nn1)N1CCC(c2nc(C3=NOC(c4c(Cl)ccc(F)c4F)C3)cs2)CC1. The number of carbonyl (C=O) groups excluding carboxylic acids is 1. The van der Waals surface area contributed by atoms with Gasteiger partial charge in [0.05, 0.1) is 27.0 Å². The number of benzene rings is 1. The average Bonchev–Trinajstić information content (AvgIpc) is 3.60. The molecule has 1 aromatic carbocycles. The minimum atomic E-state index is -4.56. The molecule has 0 aliphatic carbocycles. The van der Waals surface area contributed by atoms with Crippen LogP contribution < -0.4 is 0 Å². The second-order valence-electron chi connectivity index (χ2n) is 8.86. The molecule has 1 fully saturated rings. The Hall–Kier alpha value is -2.84. The van der Waals surface area contributed by atoms with E-state index in [-0.39, 0.29) is 39.6 Å². The smallest absolute Gasteiger partial charge is 0.387 e. The highest BCUT2D eigenvalue weighted by atomic mass is 35.5. The van der Waals surface area contributed by atoms with Gasteiger partial charge >= 0.3 is 6.18 Å². The Kier molecular flexibility index (Phi) is 8.06. The van der Waals surface area contributed by atoms with Crippen LogP contribution in [-0.4, -0.2) is 50.5 Å². The molecule has 1 amide bonds. The molecule has 0 bridgehead atoms. The van der Waals surface area contributed by atoms with E-state index in [1.807, 2.05) is 5.38 Å². The van der Waals surface area contributed by atoms with Crippen molar-refractivity contribution in [2.75, 3.05) is 18.8 Å². The van der Waals surface area contributed by atoms with Crippen LogP contribution in [0.3, 0.4) is 0 Å². The van der Waals surface area contributed by atoms with Gasteiger partial charge in [-0.05, 0) is 37.1 Å². The monoisotopic (exact) mass is 603 g/mol. The fourth-order valence-corrected chi connectivity index (χ4v) is 6.26. The van der Waals surface area contributed by atoms with Crippen LogP contribution in [0, 0.1) is 11.6 Å². The highest BCUT2D eigenvalue weighted by Gasteiger charge is 2.34. The summed E-state index contributed by atoms with van der Waals surface area (Å²) in [4.78, 5) is 24.4. The largest absolute Gasteiger partial charge is 0.435 e. The Morgan fingerprint density at radius 2 is 1.92 bits per heavy atom. The standard InChI is InChI=1S/C24H19ClF5N5O2S2/c25-13-1-2-14(26)22(27)21(13)17-9-15(34-37-17)16-10-39-23(31-16)12-5-7-35(8-6-12)20(36)11-38-19-4-3-18(32-33-19)24(28,29)30/h1-4,10,12,17H,5-9,11H2. The fraction of sp³-hybridized carbons (Fsp3) is 0.375. The van der Waals surface area contributed by atoms with E-state index in [1.165, 1.54) is 23.5 Å². The van der Waals surface area contributed by atoms with E-state index in [0.29, 0.717) is 37.3 Å². The van der Waals surface area contributed by atoms with Gasteiger partial charge in [0.2, 0.25) is 5.91 Å². The summed E-state index contributed by atoms with van der Waals surface area (Å²) < 4.78 is 65.8. The molecule has 1 saturated heterocycles. The lowest BCUT2D eigenvalue weighted by Crippen LogP contribution is -2.38. The molecule has 0 N–H and O–H groups in total. The Labute approximate surface area is 232 Å². The van der Waals surface area contributed by atoms with Crippen LogP contribution in [-0.2, 0) is 15.8 Å². The summed E-state index contributed by atoms with van der Waals surface area (Å²) in [5.41, 5.74) is -0.0505. The van der Waals surface area contributed by atoms with Gasteiger partial charge in [0.15, 0.2) is 23.4 Å². The maximum Gasteiger partial charge on any atom is 0.435 e. The van der Waals surface area contributed by atoms with Gasteiger partial charge in [-0.15, -0.1) is 21.5 Å². The normalized spacial score (nSPS) is 18.3. The van der Waals surface area contributed by atoms with E-state index in [0.717, 1.165) is 28.9 Å². The van der Waals surface area contributed by atoms with Gasteiger partial charge < -0.3 is 9.74 Å². The van der Waals surface area contributed by atoms with Crippen LogP contribution in [0.4, 0.5) is 22.0 Å². The number of aromatic nitrogens is 3. The second-order valence-corrected chi connectivity index (χ2v) is 11.2. The van der Waals surface area contributed by atoms with Gasteiger partial charge in [-0.1, -0.05) is 28.5 Å². The highest BCUT2D eigenvalue weighted by molar-refractivity contribution is 7.99. The zero-order chi connectivity index (χ0) is 27.7. The van der Waals surface area contributed by atoms with Gasteiger partial charge in [-0.25, -0.2) is 13.8 Å². The number of piperidine rings is 1. The topological polar surface area (TPSA) is 80.6 Å². The number of hydrogen-bond acceptors (Lipinski definition) is 8. The van der Waals surface area contributed by atoms with Crippen molar-refractivity contribution in [3.05, 3.63) is 68.3 Å². The number of likely N-dealkylation sites (tertiary alicyclic amines) is 1. The van der Waals surface area contributed by atoms with Crippen molar-refractivity contribution in [1.82, 2.24) is 20.1 Å². The maximum absolute atomic E-state index is 14.3. The molecule has 3 aromatic rings. The zero-order valence-electron chi connectivity index (χ0n) is 19.9. The second kappa shape index (κ2) is 11.3. The molecular weight excluding hydrogens is 585 g/mol. The molecule has 1 atom stereocenters. The van der Waals surface area contributed by atoms with Gasteiger partial charge in [-0.2, -0.15) is 13.2 Å². The van der Waals surface area contributed by atoms with E-state index < -0.39 is 29.6 Å². The molecule has 206 valence electrons. The lowest BCUT2D eigenvalue weighted by atomic mass is 9.97. The molecule has 2 aromatic heterocycles. The molecule has 2 aliphatic rings. The average molecular weight is 604 g/mol. The number of alkyl halides is 3. The molecule has 2 aliphatic heterocycles. The van der Waals surface area contributed by atoms with Crippen LogP contribution in [0.15, 0.2) is 39.8 Å². The lowest BCUT2D eigenvalue weighted by molar-refractivity contribution is -0.141. The number of rotatable bonds is 6. The number of hydrogen-bond donors (Lipinski definition) is 0. The molecule has 0 saturated carbocycles. The van der Waals surface area contributed by atoms with E-state index >= 15 is 0 Å². The number of oxime groups is 1. The van der Waals surface area contributed by atoms with E-state index in [4.69, 9.17) is 16.4 Å². The highest BCUT2D eigenvalue weighted by Crippen LogP contribution is 2.37. The van der Waals surface area contributed by atoms with E-state index in [2.05, 4.69) is 20.3 Å². The van der Waals surface area contributed by atoms with Crippen molar-refractivity contribution in [2.24, 2.45) is 5.16 Å². The first-order valence-corrected chi connectivity index (χ1v) is 14.0. The third-order valence-corrected chi connectivity index (χ3v) is 8.60. The van der Waals surface area contributed by atoms with Gasteiger partial charge in [0.1, 0.15) is 10.7 Å². The number of halogens is 6. The van der Waals surface area contributed by atoms with Crippen molar-refractivity contribution in [1.29, 1.82) is 0 Å². The van der Waals surface area contributed by atoms with Crippen LogP contribution in [0.5, 0.6) is 0 Å². The zero-order valence-corrected chi connectivity index (χ0v) is 22.3. The Morgan fingerprint density at radius 3 is 2.62 bits per heavy atom. The number of thioether (sulfide) groups is 1. The van der Waals surface area contributed by atoms with Crippen LogP contribution in [0.25, 0.3) is 0 Å². The molecule has 4 heterocycles. The van der Waals surface area contributed by atoms with Crippen molar-refractivity contribution in [3.63, 3.8) is 0 Å². The summed E-state index contributed by atoms with van der Waals surface area (Å²) in [6.07, 6.45) is -3.84. The fourth-order valence-electron chi connectivity index (χ4n) is 4.28. The third-order valence-electron chi connectivity index (χ3n) is 6.36. The molecular formula is C24H19ClF5N5O2S2. The minimum Gasteiger partial charge on any atom is -0.387 e. The first-order valence-electron chi connectivity index (χ1n) is 11.7. The van der Waals surface area contributed by atoms with Crippen LogP contribution >= 0.6 is 34.7 Å². The van der Waals surface area contributed by atoms with Crippen molar-refractivity contribution < 1.29 is 31.6 Å². The summed E-state index contributed by atoms with van der Waals surface area (Å²) in [6, 6.07) is 4.27. The maximum atomic E-state index is 14.3. The minimum absolute atomic E-state index is 0.0447. The first-order chi connectivity index (χ1) is 18.6. The predicted octanol–water partition coefficient (Wildman–Crippen LogP) is 6.25. The summed E-state index contributed by atoms with van der Waals surface area (Å²) in [5.74, 6) is -2.03. The van der Waals surface area contributed by atoms with Crippen LogP contribution in [0.2, 0.25) is 5.02 Å². The van der Waals surface area contributed by atoms with Gasteiger partial charge in [0, 0.05) is 30.8 Å². The van der Waals surface area contributed by atoms with Crippen molar-refractivity contribution in [3.8, 4) is 0 Å².